The van der Waals surface area contributed by atoms with Gasteiger partial charge >= 0.3 is 0 Å². The molecule has 0 amide bonds. The lowest BCUT2D eigenvalue weighted by molar-refractivity contribution is 0.101. The molecule has 54 heavy (non-hydrogen) atoms. The van der Waals surface area contributed by atoms with E-state index in [4.69, 9.17) is 19.2 Å². The molecule has 0 bridgehead atoms. The molecule has 0 aliphatic heterocycles. The van der Waals surface area contributed by atoms with Gasteiger partial charge in [0.25, 0.3) is 10.0 Å². The van der Waals surface area contributed by atoms with Crippen LogP contribution in [0.4, 0.5) is 5.95 Å². The molecule has 3 aromatic carbocycles. The molecule has 284 valence electrons. The van der Waals surface area contributed by atoms with Crippen LogP contribution < -0.4 is 19.1 Å². The molecule has 1 atom stereocenters. The smallest absolute Gasteiger partial charge is 0.268 e. The van der Waals surface area contributed by atoms with Gasteiger partial charge in [0.15, 0.2) is 11.5 Å². The average molecular weight is 753 g/mol. The van der Waals surface area contributed by atoms with Gasteiger partial charge in [0.05, 0.1) is 29.5 Å². The van der Waals surface area contributed by atoms with Crippen LogP contribution in [0.3, 0.4) is 0 Å². The number of aryl methyl sites for hydroxylation is 2. The molecule has 0 unspecified atom stereocenters. The van der Waals surface area contributed by atoms with Crippen LogP contribution in [0, 0.1) is 19.3 Å². The van der Waals surface area contributed by atoms with E-state index >= 15 is 0 Å². The Bertz CT molecular complexity index is 2120. The Kier molecular flexibility index (Phi) is 13.1. The van der Waals surface area contributed by atoms with Crippen molar-refractivity contribution in [2.75, 3.05) is 24.8 Å². The van der Waals surface area contributed by atoms with Gasteiger partial charge in [0.2, 0.25) is 11.8 Å². The molecule has 0 spiro atoms. The monoisotopic (exact) mass is 752 g/mol. The number of methoxy groups -OCH3 is 1. The van der Waals surface area contributed by atoms with Crippen molar-refractivity contribution in [3.8, 4) is 22.9 Å². The number of hydrogen-bond acceptors (Lipinski definition) is 11. The Morgan fingerprint density at radius 3 is 2.22 bits per heavy atom. The number of Topliss-reactive ketones (excluding diaryl/α,β-unsaturated/α-hetero) is 1. The van der Waals surface area contributed by atoms with Gasteiger partial charge in [-0.1, -0.05) is 81.4 Å². The normalized spacial score (nSPS) is 12.3. The quantitative estimate of drug-likeness (QED) is 0.0767. The Labute approximate surface area is 318 Å². The molecule has 0 aliphatic carbocycles. The van der Waals surface area contributed by atoms with Crippen molar-refractivity contribution in [3.05, 3.63) is 119 Å². The Hall–Kier alpha value is -5.24. The number of hydrogen-bond donors (Lipinski definition) is 1. The van der Waals surface area contributed by atoms with E-state index in [0.29, 0.717) is 30.4 Å². The number of ketones is 1. The minimum Gasteiger partial charge on any atom is -0.486 e. The lowest BCUT2D eigenvalue weighted by Gasteiger charge is -2.27. The number of benzene rings is 3. The molecule has 2 heterocycles. The number of carbonyl (C=O) groups is 1. The van der Waals surface area contributed by atoms with Gasteiger partial charge in [-0.15, -0.1) is 0 Å². The van der Waals surface area contributed by atoms with Crippen LogP contribution >= 0.6 is 0 Å². The van der Waals surface area contributed by atoms with Crippen LogP contribution in [0.1, 0.15) is 67.0 Å². The summed E-state index contributed by atoms with van der Waals surface area (Å²) in [5.74, 6) is 0.959. The van der Waals surface area contributed by atoms with Crippen LogP contribution in [0.25, 0.3) is 11.3 Å². The van der Waals surface area contributed by atoms with E-state index in [9.17, 15) is 13.2 Å². The second-order valence-electron chi connectivity index (χ2n) is 14.3. The first kappa shape index (κ1) is 40.0. The van der Waals surface area contributed by atoms with E-state index < -0.39 is 10.0 Å². The number of aromatic nitrogens is 4. The first-order valence-electron chi connectivity index (χ1n) is 17.7. The SMILES string of the molecule is COCN(c1nc(OC[C@@H](CC(C)(C)C)NCc2ncc(OCc3ccccc3)cn2)cc(-c2c(C)cccc2C)n1)S(=O)(=O)c1cccc(C(C)=O)c1. The Balaban J connectivity index is 1.42. The van der Waals surface area contributed by atoms with Gasteiger partial charge in [0.1, 0.15) is 25.8 Å². The summed E-state index contributed by atoms with van der Waals surface area (Å²) in [4.78, 5) is 30.4. The third-order valence-electron chi connectivity index (χ3n) is 8.50. The first-order chi connectivity index (χ1) is 25.7. The van der Waals surface area contributed by atoms with E-state index in [1.807, 2.05) is 62.4 Å². The number of ether oxygens (including phenoxy) is 3. The number of nitrogens with one attached hydrogen (secondary N) is 1. The molecule has 0 fully saturated rings. The molecule has 0 aliphatic rings. The van der Waals surface area contributed by atoms with Gasteiger partial charge in [-0.3, -0.25) is 4.79 Å². The molecule has 5 aromatic rings. The van der Waals surface area contributed by atoms with Gasteiger partial charge < -0.3 is 19.5 Å². The summed E-state index contributed by atoms with van der Waals surface area (Å²) in [6.45, 7) is 12.4. The van der Waals surface area contributed by atoms with Crippen LogP contribution in [-0.4, -0.2) is 60.6 Å². The zero-order chi connectivity index (χ0) is 38.9. The first-order valence-corrected chi connectivity index (χ1v) is 19.1. The highest BCUT2D eigenvalue weighted by atomic mass is 32.2. The largest absolute Gasteiger partial charge is 0.486 e. The lowest BCUT2D eigenvalue weighted by Crippen LogP contribution is -2.38. The lowest BCUT2D eigenvalue weighted by atomic mass is 9.88. The van der Waals surface area contributed by atoms with Gasteiger partial charge in [0, 0.05) is 30.3 Å². The van der Waals surface area contributed by atoms with E-state index in [0.717, 1.165) is 33.0 Å². The van der Waals surface area contributed by atoms with Crippen LogP contribution in [0.5, 0.6) is 11.6 Å². The van der Waals surface area contributed by atoms with Crippen molar-refractivity contribution >= 4 is 21.8 Å². The highest BCUT2D eigenvalue weighted by Gasteiger charge is 2.30. The van der Waals surface area contributed by atoms with E-state index in [1.54, 1.807) is 24.5 Å². The molecule has 13 heteroatoms. The number of sulfonamides is 1. The molecular weight excluding hydrogens is 705 g/mol. The zero-order valence-electron chi connectivity index (χ0n) is 31.9. The molecular formula is C41H48N6O6S. The molecule has 5 rings (SSSR count). The predicted octanol–water partition coefficient (Wildman–Crippen LogP) is 7.10. The maximum atomic E-state index is 14.1. The predicted molar refractivity (Wildman–Crippen MR) is 208 cm³/mol. The number of anilines is 1. The summed E-state index contributed by atoms with van der Waals surface area (Å²) in [7, 11) is -2.90. The number of nitrogens with zero attached hydrogens (tertiary/aromatic N) is 5. The highest BCUT2D eigenvalue weighted by molar-refractivity contribution is 7.92. The fourth-order valence-electron chi connectivity index (χ4n) is 5.90. The molecule has 0 saturated carbocycles. The number of carbonyl (C=O) groups excluding carboxylic acids is 1. The minimum atomic E-state index is -4.28. The van der Waals surface area contributed by atoms with E-state index in [1.165, 1.54) is 32.2 Å². The summed E-state index contributed by atoms with van der Waals surface area (Å²) >= 11 is 0. The topological polar surface area (TPSA) is 146 Å². The maximum Gasteiger partial charge on any atom is 0.268 e. The fraction of sp³-hybridized carbons (Fsp3) is 0.341. The summed E-state index contributed by atoms with van der Waals surface area (Å²) in [6.07, 6.45) is 4.06. The maximum absolute atomic E-state index is 14.1. The Morgan fingerprint density at radius 1 is 0.889 bits per heavy atom. The fourth-order valence-corrected chi connectivity index (χ4v) is 7.22. The zero-order valence-corrected chi connectivity index (χ0v) is 32.7. The van der Waals surface area contributed by atoms with E-state index in [2.05, 4.69) is 41.0 Å². The Morgan fingerprint density at radius 2 is 1.57 bits per heavy atom. The van der Waals surface area contributed by atoms with Gasteiger partial charge in [-0.25, -0.2) is 27.7 Å². The summed E-state index contributed by atoms with van der Waals surface area (Å²) < 4.78 is 46.9. The third kappa shape index (κ3) is 10.7. The molecule has 0 saturated heterocycles. The van der Waals surface area contributed by atoms with Crippen molar-refractivity contribution in [1.82, 2.24) is 25.3 Å². The highest BCUT2D eigenvalue weighted by Crippen LogP contribution is 2.32. The second kappa shape index (κ2) is 17.7. The third-order valence-corrected chi connectivity index (χ3v) is 10.2. The standard InChI is InChI=1S/C41H48N6O6S/c1-28-13-11-14-29(2)39(28)36-20-38(46-40(45-36)47(27-51-7)54(49,50)35-18-12-17-32(19-35)30(3)48)53-26-33(21-41(4,5)6)42-24-37-43-22-34(23-44-37)52-25-31-15-9-8-10-16-31/h8-20,22-23,33,42H,21,24-27H2,1-7H3/t33-/m1/s1. The van der Waals surface area contributed by atoms with Crippen molar-refractivity contribution in [2.24, 2.45) is 5.41 Å². The average Bonchev–Trinajstić information content (AvgIpc) is 3.14. The van der Waals surface area contributed by atoms with Crippen molar-refractivity contribution < 1.29 is 27.4 Å². The van der Waals surface area contributed by atoms with Crippen LogP contribution in [0.2, 0.25) is 0 Å². The molecule has 1 N–H and O–H groups in total. The molecule has 0 radical (unpaired) electrons. The van der Waals surface area contributed by atoms with Crippen molar-refractivity contribution in [3.63, 3.8) is 0 Å². The van der Waals surface area contributed by atoms with Crippen LogP contribution in [0.15, 0.2) is 96.2 Å². The molecule has 2 aromatic heterocycles. The van der Waals surface area contributed by atoms with Gasteiger partial charge in [-0.2, -0.15) is 4.98 Å². The van der Waals surface area contributed by atoms with Crippen LogP contribution in [-0.2, 0) is 27.9 Å². The second-order valence-corrected chi connectivity index (χ2v) is 16.1. The van der Waals surface area contributed by atoms with Crippen molar-refractivity contribution in [2.45, 2.75) is 72.1 Å². The van der Waals surface area contributed by atoms with Crippen molar-refractivity contribution in [1.29, 1.82) is 0 Å². The molecule has 12 nitrogen and oxygen atoms in total. The van der Waals surface area contributed by atoms with Gasteiger partial charge in [-0.05, 0) is 61.4 Å². The summed E-state index contributed by atoms with van der Waals surface area (Å²) in [6, 6.07) is 23.2. The summed E-state index contributed by atoms with van der Waals surface area (Å²) in [5.41, 5.74) is 4.47. The summed E-state index contributed by atoms with van der Waals surface area (Å²) in [5, 5.41) is 3.53. The minimum absolute atomic E-state index is 0.0605. The van der Waals surface area contributed by atoms with E-state index in [-0.39, 0.29) is 52.9 Å². The number of rotatable bonds is 17.